The van der Waals surface area contributed by atoms with Crippen LogP contribution in [0.5, 0.6) is 11.5 Å². The summed E-state index contributed by atoms with van der Waals surface area (Å²) in [5.41, 5.74) is 2.37. The number of methoxy groups -OCH3 is 1. The van der Waals surface area contributed by atoms with Crippen molar-refractivity contribution in [3.63, 3.8) is 0 Å². The molecule has 1 atom stereocenters. The van der Waals surface area contributed by atoms with Crippen molar-refractivity contribution in [2.24, 2.45) is 5.92 Å². The van der Waals surface area contributed by atoms with E-state index in [1.807, 2.05) is 49.4 Å². The van der Waals surface area contributed by atoms with E-state index >= 15 is 0 Å². The van der Waals surface area contributed by atoms with Gasteiger partial charge in [-0.15, -0.1) is 10.2 Å². The van der Waals surface area contributed by atoms with E-state index in [2.05, 4.69) is 47.6 Å². The molecule has 0 saturated heterocycles. The number of benzene rings is 2. The first kappa shape index (κ1) is 24.0. The maximum Gasteiger partial charge on any atom is 0.140 e. The molecule has 5 nitrogen and oxygen atoms in total. The van der Waals surface area contributed by atoms with E-state index in [1.54, 1.807) is 18.4 Å². The Kier molecular flexibility index (Phi) is 9.26. The SMILES string of the molecule is COc1ccc(CC(NCCCOc2ccccc2C=Cc2nnc(C)s2)C(C)C)cc1. The molecule has 6 heteroatoms. The quantitative estimate of drug-likeness (QED) is 0.361. The number of aromatic nitrogens is 2. The molecule has 0 aliphatic rings. The summed E-state index contributed by atoms with van der Waals surface area (Å²) in [6.45, 7) is 8.07. The summed E-state index contributed by atoms with van der Waals surface area (Å²) < 4.78 is 11.3. The topological polar surface area (TPSA) is 56.3 Å². The summed E-state index contributed by atoms with van der Waals surface area (Å²) in [5.74, 6) is 2.34. The molecule has 3 rings (SSSR count). The highest BCUT2D eigenvalue weighted by atomic mass is 32.1. The Morgan fingerprint density at radius 1 is 1.03 bits per heavy atom. The van der Waals surface area contributed by atoms with Gasteiger partial charge in [0.15, 0.2) is 0 Å². The third-order valence-electron chi connectivity index (χ3n) is 5.27. The number of aryl methyl sites for hydroxylation is 1. The molecule has 1 unspecified atom stereocenters. The second-order valence-electron chi connectivity index (χ2n) is 8.09. The van der Waals surface area contributed by atoms with Gasteiger partial charge in [0.2, 0.25) is 0 Å². The number of rotatable bonds is 12. The largest absolute Gasteiger partial charge is 0.497 e. The van der Waals surface area contributed by atoms with Crippen molar-refractivity contribution in [1.82, 2.24) is 15.5 Å². The van der Waals surface area contributed by atoms with Crippen LogP contribution in [0.4, 0.5) is 0 Å². The Bertz CT molecular complexity index is 983. The highest BCUT2D eigenvalue weighted by Crippen LogP contribution is 2.22. The van der Waals surface area contributed by atoms with Crippen LogP contribution in [0.15, 0.2) is 48.5 Å². The lowest BCUT2D eigenvalue weighted by Gasteiger charge is -2.23. The molecule has 0 radical (unpaired) electrons. The van der Waals surface area contributed by atoms with Gasteiger partial charge in [0.05, 0.1) is 13.7 Å². The first-order chi connectivity index (χ1) is 15.5. The highest BCUT2D eigenvalue weighted by Gasteiger charge is 2.13. The molecule has 0 saturated carbocycles. The zero-order chi connectivity index (χ0) is 22.8. The Hall–Kier alpha value is -2.70. The van der Waals surface area contributed by atoms with Gasteiger partial charge in [-0.05, 0) is 68.1 Å². The van der Waals surface area contributed by atoms with Crippen LogP contribution in [-0.2, 0) is 6.42 Å². The smallest absolute Gasteiger partial charge is 0.140 e. The van der Waals surface area contributed by atoms with Gasteiger partial charge in [0.25, 0.3) is 0 Å². The molecule has 0 spiro atoms. The van der Waals surface area contributed by atoms with Crippen LogP contribution in [-0.4, -0.2) is 36.5 Å². The van der Waals surface area contributed by atoms with E-state index in [0.717, 1.165) is 46.5 Å². The Morgan fingerprint density at radius 3 is 2.50 bits per heavy atom. The normalized spacial score (nSPS) is 12.4. The third kappa shape index (κ3) is 7.46. The summed E-state index contributed by atoms with van der Waals surface area (Å²) in [6.07, 6.45) is 5.97. The Balaban J connectivity index is 1.46. The molecular weight excluding hydrogens is 418 g/mol. The van der Waals surface area contributed by atoms with Crippen molar-refractivity contribution < 1.29 is 9.47 Å². The molecule has 0 amide bonds. The zero-order valence-electron chi connectivity index (χ0n) is 19.4. The van der Waals surface area contributed by atoms with Gasteiger partial charge in [0.1, 0.15) is 21.5 Å². The fraction of sp³-hybridized carbons (Fsp3) is 0.385. The third-order valence-corrected chi connectivity index (χ3v) is 6.07. The minimum absolute atomic E-state index is 0.425. The summed E-state index contributed by atoms with van der Waals surface area (Å²) in [5, 5.41) is 13.8. The van der Waals surface area contributed by atoms with Crippen molar-refractivity contribution in [3.05, 3.63) is 69.7 Å². The number of hydrogen-bond acceptors (Lipinski definition) is 6. The molecule has 3 aromatic rings. The minimum atomic E-state index is 0.425. The molecule has 32 heavy (non-hydrogen) atoms. The zero-order valence-corrected chi connectivity index (χ0v) is 20.2. The predicted octanol–water partition coefficient (Wildman–Crippen LogP) is 5.65. The van der Waals surface area contributed by atoms with Gasteiger partial charge in [-0.3, -0.25) is 0 Å². The van der Waals surface area contributed by atoms with Crippen LogP contribution in [0.25, 0.3) is 12.2 Å². The highest BCUT2D eigenvalue weighted by molar-refractivity contribution is 7.12. The van der Waals surface area contributed by atoms with Crippen molar-refractivity contribution in [3.8, 4) is 11.5 Å². The lowest BCUT2D eigenvalue weighted by molar-refractivity contribution is 0.297. The van der Waals surface area contributed by atoms with Gasteiger partial charge in [-0.1, -0.05) is 55.5 Å². The van der Waals surface area contributed by atoms with Crippen molar-refractivity contribution in [1.29, 1.82) is 0 Å². The van der Waals surface area contributed by atoms with E-state index in [-0.39, 0.29) is 0 Å². The van der Waals surface area contributed by atoms with Crippen LogP contribution in [0.1, 0.15) is 41.4 Å². The lowest BCUT2D eigenvalue weighted by Crippen LogP contribution is -2.36. The molecular formula is C26H33N3O2S. The van der Waals surface area contributed by atoms with Crippen molar-refractivity contribution in [2.75, 3.05) is 20.3 Å². The summed E-state index contributed by atoms with van der Waals surface area (Å²) in [6, 6.07) is 16.9. The first-order valence-corrected chi connectivity index (χ1v) is 11.9. The number of nitrogens with one attached hydrogen (secondary N) is 1. The first-order valence-electron chi connectivity index (χ1n) is 11.1. The molecule has 0 bridgehead atoms. The molecule has 1 N–H and O–H groups in total. The summed E-state index contributed by atoms with van der Waals surface area (Å²) >= 11 is 1.58. The fourth-order valence-electron chi connectivity index (χ4n) is 3.39. The van der Waals surface area contributed by atoms with Crippen molar-refractivity contribution >= 4 is 23.5 Å². The Labute approximate surface area is 195 Å². The Morgan fingerprint density at radius 2 is 1.81 bits per heavy atom. The summed E-state index contributed by atoms with van der Waals surface area (Å²) in [4.78, 5) is 0. The number of nitrogens with zero attached hydrogens (tertiary/aromatic N) is 2. The van der Waals surface area contributed by atoms with Crippen LogP contribution in [0.2, 0.25) is 0 Å². The van der Waals surface area contributed by atoms with Crippen molar-refractivity contribution in [2.45, 2.75) is 39.7 Å². The standard InChI is InChI=1S/C26H33N3O2S/c1-19(2)24(18-21-10-13-23(30-4)14-11-21)27-16-7-17-31-25-9-6-5-8-22(25)12-15-26-29-28-20(3)32-26/h5-6,8-15,19,24,27H,7,16-18H2,1-4H3. The van der Waals surface area contributed by atoms with Crippen LogP contribution >= 0.6 is 11.3 Å². The van der Waals surface area contributed by atoms with Gasteiger partial charge in [-0.2, -0.15) is 0 Å². The average molecular weight is 452 g/mol. The molecule has 0 aliphatic carbocycles. The van der Waals surface area contributed by atoms with E-state index in [0.29, 0.717) is 18.6 Å². The van der Waals surface area contributed by atoms with Gasteiger partial charge >= 0.3 is 0 Å². The maximum absolute atomic E-state index is 6.08. The van der Waals surface area contributed by atoms with E-state index in [4.69, 9.17) is 9.47 Å². The lowest BCUT2D eigenvalue weighted by atomic mass is 9.96. The van der Waals surface area contributed by atoms with Crippen LogP contribution in [0.3, 0.4) is 0 Å². The van der Waals surface area contributed by atoms with E-state index < -0.39 is 0 Å². The van der Waals surface area contributed by atoms with Gasteiger partial charge in [-0.25, -0.2) is 0 Å². The van der Waals surface area contributed by atoms with E-state index in [9.17, 15) is 0 Å². The monoisotopic (exact) mass is 451 g/mol. The predicted molar refractivity (Wildman–Crippen MR) is 133 cm³/mol. The molecule has 1 aromatic heterocycles. The fourth-order valence-corrected chi connectivity index (χ4v) is 3.99. The van der Waals surface area contributed by atoms with Gasteiger partial charge < -0.3 is 14.8 Å². The van der Waals surface area contributed by atoms with Gasteiger partial charge in [0, 0.05) is 11.6 Å². The second kappa shape index (κ2) is 12.4. The van der Waals surface area contributed by atoms with Crippen LogP contribution < -0.4 is 14.8 Å². The number of hydrogen-bond donors (Lipinski definition) is 1. The average Bonchev–Trinajstić information content (AvgIpc) is 3.22. The van der Waals surface area contributed by atoms with E-state index in [1.165, 1.54) is 5.56 Å². The second-order valence-corrected chi connectivity index (χ2v) is 9.30. The molecule has 0 aliphatic heterocycles. The molecule has 2 aromatic carbocycles. The molecule has 170 valence electrons. The number of ether oxygens (including phenoxy) is 2. The summed E-state index contributed by atoms with van der Waals surface area (Å²) in [7, 11) is 1.70. The minimum Gasteiger partial charge on any atom is -0.497 e. The molecule has 0 fully saturated rings. The number of para-hydroxylation sites is 1. The maximum atomic E-state index is 6.08. The van der Waals surface area contributed by atoms with Crippen LogP contribution in [0, 0.1) is 12.8 Å². The molecule has 1 heterocycles.